The molecule has 8 nitrogen and oxygen atoms in total. The topological polar surface area (TPSA) is 100 Å². The Kier molecular flexibility index (Phi) is 11.8. The van der Waals surface area contributed by atoms with Gasteiger partial charge >= 0.3 is 11.9 Å². The highest BCUT2D eigenvalue weighted by atomic mass is 16.7. The van der Waals surface area contributed by atoms with E-state index < -0.39 is 29.7 Å². The van der Waals surface area contributed by atoms with Crippen molar-refractivity contribution in [2.24, 2.45) is 0 Å². The van der Waals surface area contributed by atoms with E-state index >= 15 is 0 Å². The second-order valence-electron chi connectivity index (χ2n) is 6.89. The Morgan fingerprint density at radius 2 is 1.52 bits per heavy atom. The summed E-state index contributed by atoms with van der Waals surface area (Å²) in [6.07, 6.45) is 0.166. The number of rotatable bonds is 14. The number of carbonyl (C=O) groups is 3. The highest BCUT2D eigenvalue weighted by Gasteiger charge is 2.50. The fraction of sp³-hybridized carbons (Fsp3) is 0.609. The van der Waals surface area contributed by atoms with Gasteiger partial charge in [0, 0.05) is 12.2 Å². The van der Waals surface area contributed by atoms with Gasteiger partial charge in [0.15, 0.2) is 6.29 Å². The number of nitrogens with one attached hydrogen (secondary N) is 1. The molecule has 0 aliphatic heterocycles. The summed E-state index contributed by atoms with van der Waals surface area (Å²) in [6, 6.07) is 8.35. The predicted octanol–water partition coefficient (Wildman–Crippen LogP) is 3.24. The average molecular weight is 438 g/mol. The Bertz CT molecular complexity index is 674. The Morgan fingerprint density at radius 3 is 2.00 bits per heavy atom. The van der Waals surface area contributed by atoms with E-state index in [-0.39, 0.29) is 25.7 Å². The summed E-state index contributed by atoms with van der Waals surface area (Å²) in [7, 11) is 0. The van der Waals surface area contributed by atoms with E-state index in [0.29, 0.717) is 25.0 Å². The van der Waals surface area contributed by atoms with Gasteiger partial charge in [0.1, 0.15) is 0 Å². The number of amides is 1. The van der Waals surface area contributed by atoms with Gasteiger partial charge in [-0.25, -0.2) is 9.59 Å². The molecule has 1 aromatic carbocycles. The van der Waals surface area contributed by atoms with Crippen molar-refractivity contribution in [1.82, 2.24) is 5.32 Å². The molecule has 0 heterocycles. The van der Waals surface area contributed by atoms with Crippen LogP contribution in [0.5, 0.6) is 0 Å². The van der Waals surface area contributed by atoms with E-state index in [0.717, 1.165) is 0 Å². The van der Waals surface area contributed by atoms with Crippen molar-refractivity contribution in [2.75, 3.05) is 19.8 Å². The van der Waals surface area contributed by atoms with Gasteiger partial charge in [-0.2, -0.15) is 0 Å². The minimum absolute atomic E-state index is 0.0411. The van der Waals surface area contributed by atoms with Gasteiger partial charge in [-0.1, -0.05) is 25.1 Å². The lowest BCUT2D eigenvalue weighted by Gasteiger charge is -2.31. The predicted molar refractivity (Wildman–Crippen MR) is 115 cm³/mol. The lowest BCUT2D eigenvalue weighted by atomic mass is 9.90. The molecule has 0 fully saturated rings. The lowest BCUT2D eigenvalue weighted by molar-refractivity contribution is -0.170. The number of benzene rings is 1. The van der Waals surface area contributed by atoms with E-state index in [1.165, 1.54) is 0 Å². The van der Waals surface area contributed by atoms with Crippen LogP contribution < -0.4 is 5.32 Å². The molecule has 31 heavy (non-hydrogen) atoms. The molecule has 0 saturated heterocycles. The SMILES string of the molecule is CCOC(=O)C(CC[C@@H](CC)OC(C)OCC)(NC(=O)c1ccccc1)C(=O)OCC. The van der Waals surface area contributed by atoms with Gasteiger partial charge in [-0.3, -0.25) is 4.79 Å². The van der Waals surface area contributed by atoms with Crippen LogP contribution in [0.25, 0.3) is 0 Å². The Balaban J connectivity index is 3.20. The largest absolute Gasteiger partial charge is 0.464 e. The van der Waals surface area contributed by atoms with Crippen LogP contribution >= 0.6 is 0 Å². The minimum atomic E-state index is -1.98. The molecular formula is C23H35NO7. The first-order chi connectivity index (χ1) is 14.8. The van der Waals surface area contributed by atoms with Crippen LogP contribution in [-0.2, 0) is 28.5 Å². The molecule has 0 aromatic heterocycles. The number of hydrogen-bond donors (Lipinski definition) is 1. The quantitative estimate of drug-likeness (QED) is 0.271. The first-order valence-corrected chi connectivity index (χ1v) is 10.8. The molecule has 1 N–H and O–H groups in total. The smallest absolute Gasteiger partial charge is 0.343 e. The van der Waals surface area contributed by atoms with Gasteiger partial charge < -0.3 is 24.3 Å². The highest BCUT2D eigenvalue weighted by molar-refractivity contribution is 6.10. The zero-order valence-corrected chi connectivity index (χ0v) is 19.1. The minimum Gasteiger partial charge on any atom is -0.464 e. The number of esters is 2. The molecule has 174 valence electrons. The van der Waals surface area contributed by atoms with Crippen LogP contribution in [0.1, 0.15) is 64.2 Å². The van der Waals surface area contributed by atoms with Crippen molar-refractivity contribution in [3.8, 4) is 0 Å². The summed E-state index contributed by atoms with van der Waals surface area (Å²) in [5.74, 6) is -2.28. The van der Waals surface area contributed by atoms with Crippen LogP contribution in [0.3, 0.4) is 0 Å². The summed E-state index contributed by atoms with van der Waals surface area (Å²) in [5, 5.41) is 2.60. The van der Waals surface area contributed by atoms with Gasteiger partial charge in [0.2, 0.25) is 5.54 Å². The molecule has 0 saturated carbocycles. The number of ether oxygens (including phenoxy) is 4. The molecule has 1 unspecified atom stereocenters. The van der Waals surface area contributed by atoms with E-state index in [2.05, 4.69) is 5.32 Å². The Morgan fingerprint density at radius 1 is 0.935 bits per heavy atom. The van der Waals surface area contributed by atoms with Crippen LogP contribution in [0.4, 0.5) is 0 Å². The molecule has 2 atom stereocenters. The molecule has 1 aromatic rings. The van der Waals surface area contributed by atoms with Crippen molar-refractivity contribution in [3.63, 3.8) is 0 Å². The maximum atomic E-state index is 13.0. The van der Waals surface area contributed by atoms with E-state index in [4.69, 9.17) is 18.9 Å². The van der Waals surface area contributed by atoms with Crippen molar-refractivity contribution < 1.29 is 33.3 Å². The standard InChI is InChI=1S/C23H35NO7/c1-6-19(31-17(5)28-7-2)15-16-23(21(26)29-8-3,22(27)30-9-4)24-20(25)18-13-11-10-12-14-18/h10-14,17,19H,6-9,15-16H2,1-5H3,(H,24,25)/t17?,19-/m1/s1. The van der Waals surface area contributed by atoms with Crippen LogP contribution in [0.2, 0.25) is 0 Å². The van der Waals surface area contributed by atoms with Crippen LogP contribution in [0.15, 0.2) is 30.3 Å². The summed E-state index contributed by atoms with van der Waals surface area (Å²) in [6.45, 7) is 9.46. The second-order valence-corrected chi connectivity index (χ2v) is 6.89. The molecule has 0 bridgehead atoms. The third-order valence-corrected chi connectivity index (χ3v) is 4.69. The first kappa shape index (κ1) is 26.6. The van der Waals surface area contributed by atoms with Crippen LogP contribution in [-0.4, -0.2) is 55.6 Å². The van der Waals surface area contributed by atoms with Gasteiger partial charge in [-0.05, 0) is 59.1 Å². The molecule has 1 amide bonds. The van der Waals surface area contributed by atoms with Crippen molar-refractivity contribution in [2.45, 2.75) is 71.8 Å². The fourth-order valence-electron chi connectivity index (χ4n) is 3.11. The third kappa shape index (κ3) is 7.95. The molecule has 0 spiro atoms. The molecule has 0 radical (unpaired) electrons. The third-order valence-electron chi connectivity index (χ3n) is 4.69. The van der Waals surface area contributed by atoms with Gasteiger partial charge in [-0.15, -0.1) is 0 Å². The second kappa shape index (κ2) is 13.8. The van der Waals surface area contributed by atoms with Gasteiger partial charge in [0.25, 0.3) is 5.91 Å². The maximum Gasteiger partial charge on any atom is 0.343 e. The molecule has 0 aliphatic rings. The highest BCUT2D eigenvalue weighted by Crippen LogP contribution is 2.23. The van der Waals surface area contributed by atoms with Crippen LogP contribution in [0, 0.1) is 0 Å². The summed E-state index contributed by atoms with van der Waals surface area (Å²) < 4.78 is 21.6. The monoisotopic (exact) mass is 437 g/mol. The van der Waals surface area contributed by atoms with Gasteiger partial charge in [0.05, 0.1) is 19.3 Å². The lowest BCUT2D eigenvalue weighted by Crippen LogP contribution is -2.61. The molecule has 8 heteroatoms. The zero-order chi connectivity index (χ0) is 23.3. The van der Waals surface area contributed by atoms with Crippen molar-refractivity contribution in [3.05, 3.63) is 35.9 Å². The van der Waals surface area contributed by atoms with E-state index in [9.17, 15) is 14.4 Å². The van der Waals surface area contributed by atoms with Crippen molar-refractivity contribution >= 4 is 17.8 Å². The fourth-order valence-corrected chi connectivity index (χ4v) is 3.11. The first-order valence-electron chi connectivity index (χ1n) is 10.8. The van der Waals surface area contributed by atoms with E-state index in [1.807, 2.05) is 13.8 Å². The Hall–Kier alpha value is -2.45. The molecule has 1 rings (SSSR count). The van der Waals surface area contributed by atoms with Crippen molar-refractivity contribution in [1.29, 1.82) is 0 Å². The number of carbonyl (C=O) groups excluding carboxylic acids is 3. The summed E-state index contributed by atoms with van der Waals surface area (Å²) >= 11 is 0. The number of hydrogen-bond acceptors (Lipinski definition) is 7. The summed E-state index contributed by atoms with van der Waals surface area (Å²) in [5.41, 5.74) is -1.67. The maximum absolute atomic E-state index is 13.0. The molecular weight excluding hydrogens is 402 g/mol. The normalized spacial score (nSPS) is 13.2. The average Bonchev–Trinajstić information content (AvgIpc) is 2.76. The Labute approximate surface area is 184 Å². The zero-order valence-electron chi connectivity index (χ0n) is 19.1. The molecule has 0 aliphatic carbocycles. The summed E-state index contributed by atoms with van der Waals surface area (Å²) in [4.78, 5) is 38.8. The van der Waals surface area contributed by atoms with E-state index in [1.54, 1.807) is 51.1 Å².